The van der Waals surface area contributed by atoms with Crippen LogP contribution in [0.5, 0.6) is 0 Å². The minimum atomic E-state index is -4.02. The fourth-order valence-corrected chi connectivity index (χ4v) is 3.97. The second kappa shape index (κ2) is 7.47. The molecule has 0 spiro atoms. The minimum absolute atomic E-state index is 0.0720. The van der Waals surface area contributed by atoms with Gasteiger partial charge in [0.05, 0.1) is 18.1 Å². The summed E-state index contributed by atoms with van der Waals surface area (Å²) in [6.45, 7) is -0.139. The Labute approximate surface area is 162 Å². The highest BCUT2D eigenvalue weighted by Crippen LogP contribution is 2.32. The molecule has 4 rings (SSSR count). The summed E-state index contributed by atoms with van der Waals surface area (Å²) in [5.41, 5.74) is 2.69. The van der Waals surface area contributed by atoms with Crippen LogP contribution in [0.25, 0.3) is 22.3 Å². The summed E-state index contributed by atoms with van der Waals surface area (Å²) in [4.78, 5) is 11.9. The second-order valence-corrected chi connectivity index (χ2v) is 8.17. The monoisotopic (exact) mass is 403 g/mol. The van der Waals surface area contributed by atoms with E-state index in [1.165, 1.54) is 6.33 Å². The van der Waals surface area contributed by atoms with Crippen molar-refractivity contribution in [2.45, 2.75) is 25.0 Å². The smallest absolute Gasteiger partial charge is 0.333 e. The summed E-state index contributed by atoms with van der Waals surface area (Å²) in [5, 5.41) is 19.3. The minimum Gasteiger partial charge on any atom is -0.393 e. The lowest BCUT2D eigenvalue weighted by atomic mass is 10.1. The molecule has 3 atom stereocenters. The molecular formula is C18H21N5O4S. The van der Waals surface area contributed by atoms with Gasteiger partial charge >= 0.3 is 10.3 Å². The van der Waals surface area contributed by atoms with E-state index < -0.39 is 16.4 Å². The number of anilines is 1. The summed E-state index contributed by atoms with van der Waals surface area (Å²) in [7, 11) is -4.02. The van der Waals surface area contributed by atoms with Gasteiger partial charge in [-0.3, -0.25) is 4.18 Å². The molecule has 0 saturated heterocycles. The van der Waals surface area contributed by atoms with Crippen LogP contribution >= 0.6 is 0 Å². The lowest BCUT2D eigenvalue weighted by Gasteiger charge is -2.14. The van der Waals surface area contributed by atoms with Crippen LogP contribution in [0.15, 0.2) is 42.7 Å². The van der Waals surface area contributed by atoms with Gasteiger partial charge in [0.25, 0.3) is 0 Å². The number of nitrogens with zero attached hydrogens (tertiary/aromatic N) is 2. The van der Waals surface area contributed by atoms with Crippen molar-refractivity contribution in [3.8, 4) is 11.3 Å². The lowest BCUT2D eigenvalue weighted by Crippen LogP contribution is -2.24. The van der Waals surface area contributed by atoms with Crippen molar-refractivity contribution in [2.75, 3.05) is 11.9 Å². The van der Waals surface area contributed by atoms with Crippen LogP contribution in [0.3, 0.4) is 0 Å². The van der Waals surface area contributed by atoms with Gasteiger partial charge in [0.15, 0.2) is 0 Å². The molecule has 0 amide bonds. The predicted octanol–water partition coefficient (Wildman–Crippen LogP) is 1.40. The zero-order valence-corrected chi connectivity index (χ0v) is 15.8. The number of aromatic amines is 1. The Morgan fingerprint density at radius 2 is 2.04 bits per heavy atom. The number of rotatable bonds is 6. The summed E-state index contributed by atoms with van der Waals surface area (Å²) < 4.78 is 26.6. The highest BCUT2D eigenvalue weighted by Gasteiger charge is 2.34. The molecule has 0 unspecified atom stereocenters. The number of aliphatic hydroxyl groups excluding tert-OH is 1. The van der Waals surface area contributed by atoms with Gasteiger partial charge < -0.3 is 15.4 Å². The van der Waals surface area contributed by atoms with Gasteiger partial charge in [0, 0.05) is 17.7 Å². The topological polar surface area (TPSA) is 143 Å². The van der Waals surface area contributed by atoms with E-state index in [1.54, 1.807) is 0 Å². The molecule has 1 fully saturated rings. The Hall–Kier alpha value is -2.53. The number of H-pyrrole nitrogens is 1. The van der Waals surface area contributed by atoms with Crippen molar-refractivity contribution in [3.05, 3.63) is 42.7 Å². The molecule has 1 aliphatic rings. The number of aliphatic hydroxyl groups is 1. The zero-order chi connectivity index (χ0) is 19.7. The van der Waals surface area contributed by atoms with Crippen LogP contribution in [-0.2, 0) is 14.5 Å². The first-order valence-electron chi connectivity index (χ1n) is 8.90. The van der Waals surface area contributed by atoms with Crippen molar-refractivity contribution >= 4 is 27.2 Å². The van der Waals surface area contributed by atoms with E-state index in [2.05, 4.69) is 24.5 Å². The zero-order valence-electron chi connectivity index (χ0n) is 14.9. The van der Waals surface area contributed by atoms with Crippen molar-refractivity contribution < 1.29 is 17.7 Å². The molecule has 148 valence electrons. The molecule has 5 N–H and O–H groups in total. The van der Waals surface area contributed by atoms with Crippen LogP contribution in [0.1, 0.15) is 12.8 Å². The summed E-state index contributed by atoms with van der Waals surface area (Å²) in [6.07, 6.45) is 1.80. The number of fused-ring (bicyclic) bond motifs is 1. The number of nitrogens with one attached hydrogen (secondary N) is 2. The van der Waals surface area contributed by atoms with E-state index >= 15 is 0 Å². The number of nitrogens with two attached hydrogens (primary N) is 1. The first-order chi connectivity index (χ1) is 13.4. The first-order valence-corrected chi connectivity index (χ1v) is 10.4. The Kier molecular flexibility index (Phi) is 5.02. The SMILES string of the molecule is NS(=O)(=O)OC[C@@H]1C[C@@H](Nc2ncnc3[nH]c(-c4ccccc4)cc23)C[C@@H]1O. The largest absolute Gasteiger partial charge is 0.393 e. The van der Waals surface area contributed by atoms with Crippen molar-refractivity contribution in [1.29, 1.82) is 0 Å². The third-order valence-corrected chi connectivity index (χ3v) is 5.42. The molecule has 1 saturated carbocycles. The van der Waals surface area contributed by atoms with Crippen LogP contribution < -0.4 is 10.5 Å². The quantitative estimate of drug-likeness (QED) is 0.487. The van der Waals surface area contributed by atoms with E-state index in [4.69, 9.17) is 5.14 Å². The predicted molar refractivity (Wildman–Crippen MR) is 105 cm³/mol. The van der Waals surface area contributed by atoms with Gasteiger partial charge in [-0.1, -0.05) is 30.3 Å². The van der Waals surface area contributed by atoms with E-state index in [9.17, 15) is 13.5 Å². The number of benzene rings is 1. The molecule has 28 heavy (non-hydrogen) atoms. The maximum absolute atomic E-state index is 11.0. The van der Waals surface area contributed by atoms with Gasteiger partial charge in [-0.15, -0.1) is 0 Å². The normalized spacial score (nSPS) is 22.6. The van der Waals surface area contributed by atoms with E-state index in [-0.39, 0.29) is 18.6 Å². The maximum Gasteiger partial charge on any atom is 0.333 e. The third kappa shape index (κ3) is 4.14. The second-order valence-electron chi connectivity index (χ2n) is 6.95. The number of hydrogen-bond donors (Lipinski definition) is 4. The van der Waals surface area contributed by atoms with Gasteiger partial charge in [-0.2, -0.15) is 8.42 Å². The number of aromatic nitrogens is 3. The van der Waals surface area contributed by atoms with Gasteiger partial charge in [-0.05, 0) is 24.5 Å². The van der Waals surface area contributed by atoms with Gasteiger partial charge in [0.2, 0.25) is 0 Å². The fourth-order valence-electron chi connectivity index (χ4n) is 3.60. The molecular weight excluding hydrogens is 382 g/mol. The van der Waals surface area contributed by atoms with Crippen molar-refractivity contribution in [1.82, 2.24) is 15.0 Å². The summed E-state index contributed by atoms with van der Waals surface area (Å²) in [6, 6.07) is 11.8. The van der Waals surface area contributed by atoms with Crippen LogP contribution in [-0.4, -0.2) is 47.2 Å². The van der Waals surface area contributed by atoms with E-state index in [0.717, 1.165) is 16.6 Å². The van der Waals surface area contributed by atoms with Crippen LogP contribution in [0.4, 0.5) is 5.82 Å². The Morgan fingerprint density at radius 1 is 1.25 bits per heavy atom. The highest BCUT2D eigenvalue weighted by molar-refractivity contribution is 7.84. The Morgan fingerprint density at radius 3 is 2.79 bits per heavy atom. The molecule has 2 heterocycles. The molecule has 3 aromatic rings. The number of hydrogen-bond acceptors (Lipinski definition) is 7. The standard InChI is InChI=1S/C18H21N5O4S/c19-28(25,26)27-9-12-6-13(7-16(12)24)22-17-14-8-15(11-4-2-1-3-5-11)23-18(14)21-10-20-17/h1-5,8,10,12-13,16,24H,6-7,9H2,(H2,19,25,26)(H2,20,21,22,23)/t12-,13+,16-/m0/s1. The Bertz CT molecular complexity index is 1070. The molecule has 2 aromatic heterocycles. The lowest BCUT2D eigenvalue weighted by molar-refractivity contribution is 0.101. The van der Waals surface area contributed by atoms with Crippen molar-refractivity contribution in [3.63, 3.8) is 0 Å². The Balaban J connectivity index is 1.51. The first kappa shape index (κ1) is 18.8. The molecule has 1 aromatic carbocycles. The maximum atomic E-state index is 11.0. The third-order valence-electron chi connectivity index (χ3n) is 4.96. The fraction of sp³-hybridized carbons (Fsp3) is 0.333. The molecule has 1 aliphatic carbocycles. The van der Waals surface area contributed by atoms with E-state index in [0.29, 0.717) is 24.3 Å². The van der Waals surface area contributed by atoms with Gasteiger partial charge in [-0.25, -0.2) is 15.1 Å². The van der Waals surface area contributed by atoms with Crippen LogP contribution in [0, 0.1) is 5.92 Å². The molecule has 0 radical (unpaired) electrons. The van der Waals surface area contributed by atoms with Crippen molar-refractivity contribution in [2.24, 2.45) is 11.1 Å². The summed E-state index contributed by atoms with van der Waals surface area (Å²) >= 11 is 0. The summed E-state index contributed by atoms with van der Waals surface area (Å²) in [5.74, 6) is 0.341. The van der Waals surface area contributed by atoms with Gasteiger partial charge in [0.1, 0.15) is 17.8 Å². The average molecular weight is 403 g/mol. The average Bonchev–Trinajstić information content (AvgIpc) is 3.24. The molecule has 10 heteroatoms. The molecule has 0 bridgehead atoms. The van der Waals surface area contributed by atoms with E-state index in [1.807, 2.05) is 36.4 Å². The molecule has 9 nitrogen and oxygen atoms in total. The van der Waals surface area contributed by atoms with Crippen LogP contribution in [0.2, 0.25) is 0 Å². The highest BCUT2D eigenvalue weighted by atomic mass is 32.2. The molecule has 0 aliphatic heterocycles.